The number of para-hydroxylation sites is 1. The van der Waals surface area contributed by atoms with Crippen LogP contribution >= 0.6 is 0 Å². The third-order valence-corrected chi connectivity index (χ3v) is 3.42. The molecule has 0 atom stereocenters. The minimum atomic E-state index is -0.186. The van der Waals surface area contributed by atoms with Gasteiger partial charge in [-0.1, -0.05) is 43.3 Å². The van der Waals surface area contributed by atoms with Crippen LogP contribution in [0.15, 0.2) is 60.7 Å². The van der Waals surface area contributed by atoms with Crippen LogP contribution in [0.2, 0.25) is 0 Å². The molecule has 3 heteroatoms. The zero-order valence-electron chi connectivity index (χ0n) is 11.8. The van der Waals surface area contributed by atoms with E-state index in [0.717, 1.165) is 23.0 Å². The van der Waals surface area contributed by atoms with Gasteiger partial charge in [0.25, 0.3) is 5.91 Å². The highest BCUT2D eigenvalue weighted by Crippen LogP contribution is 2.15. The fourth-order valence-electron chi connectivity index (χ4n) is 2.26. The van der Waals surface area contributed by atoms with E-state index in [1.807, 2.05) is 54.6 Å². The maximum Gasteiger partial charge on any atom is 0.274 e. The molecule has 1 aromatic heterocycles. The Morgan fingerprint density at radius 1 is 1.05 bits per heavy atom. The molecule has 0 aliphatic rings. The summed E-state index contributed by atoms with van der Waals surface area (Å²) >= 11 is 0. The van der Waals surface area contributed by atoms with Gasteiger partial charge in [0.2, 0.25) is 0 Å². The first kappa shape index (κ1) is 13.3. The molecule has 0 bridgehead atoms. The minimum absolute atomic E-state index is 0.186. The summed E-state index contributed by atoms with van der Waals surface area (Å²) in [6.45, 7) is 2.09. The molecule has 1 N–H and O–H groups in total. The van der Waals surface area contributed by atoms with Crippen molar-refractivity contribution in [1.29, 1.82) is 0 Å². The molecule has 3 rings (SSSR count). The van der Waals surface area contributed by atoms with Crippen LogP contribution in [0, 0.1) is 0 Å². The lowest BCUT2D eigenvalue weighted by Crippen LogP contribution is -2.13. The van der Waals surface area contributed by atoms with Gasteiger partial charge in [0.05, 0.1) is 5.52 Å². The van der Waals surface area contributed by atoms with Crippen LogP contribution in [0.4, 0.5) is 5.69 Å². The van der Waals surface area contributed by atoms with E-state index in [1.165, 1.54) is 5.56 Å². The lowest BCUT2D eigenvalue weighted by molar-refractivity contribution is 0.102. The van der Waals surface area contributed by atoms with Crippen molar-refractivity contribution in [1.82, 2.24) is 4.98 Å². The minimum Gasteiger partial charge on any atom is -0.321 e. The van der Waals surface area contributed by atoms with Gasteiger partial charge in [-0.25, -0.2) is 4.98 Å². The fraction of sp³-hybridized carbons (Fsp3) is 0.111. The van der Waals surface area contributed by atoms with Crippen LogP contribution in [-0.4, -0.2) is 10.9 Å². The Morgan fingerprint density at radius 3 is 2.76 bits per heavy atom. The lowest BCUT2D eigenvalue weighted by atomic mass is 10.1. The number of anilines is 1. The zero-order valence-corrected chi connectivity index (χ0v) is 11.8. The van der Waals surface area contributed by atoms with Crippen molar-refractivity contribution in [2.75, 3.05) is 5.32 Å². The summed E-state index contributed by atoms with van der Waals surface area (Å²) in [5, 5.41) is 3.93. The molecule has 2 aromatic carbocycles. The van der Waals surface area contributed by atoms with E-state index in [2.05, 4.69) is 17.2 Å². The maximum absolute atomic E-state index is 12.3. The monoisotopic (exact) mass is 276 g/mol. The smallest absolute Gasteiger partial charge is 0.274 e. The molecule has 1 amide bonds. The van der Waals surface area contributed by atoms with E-state index < -0.39 is 0 Å². The van der Waals surface area contributed by atoms with Crippen molar-refractivity contribution in [2.24, 2.45) is 0 Å². The SMILES string of the molecule is CCc1cccc(NC(=O)c2ccc3ccccc3n2)c1. The molecule has 0 aliphatic carbocycles. The van der Waals surface area contributed by atoms with Gasteiger partial charge in [-0.15, -0.1) is 0 Å². The third-order valence-electron chi connectivity index (χ3n) is 3.42. The molecule has 3 aromatic rings. The number of benzene rings is 2. The first-order valence-electron chi connectivity index (χ1n) is 7.02. The molecular formula is C18H16N2O. The summed E-state index contributed by atoms with van der Waals surface area (Å²) in [7, 11) is 0. The van der Waals surface area contributed by atoms with Gasteiger partial charge in [0, 0.05) is 11.1 Å². The first-order valence-corrected chi connectivity index (χ1v) is 7.02. The summed E-state index contributed by atoms with van der Waals surface area (Å²) in [5.41, 5.74) is 3.25. The summed E-state index contributed by atoms with van der Waals surface area (Å²) in [5.74, 6) is -0.186. The summed E-state index contributed by atoms with van der Waals surface area (Å²) in [6, 6.07) is 19.3. The molecule has 0 radical (unpaired) electrons. The number of pyridine rings is 1. The Labute approximate surface area is 123 Å². The second kappa shape index (κ2) is 5.75. The van der Waals surface area contributed by atoms with Crippen LogP contribution in [0.3, 0.4) is 0 Å². The first-order chi connectivity index (χ1) is 10.3. The Bertz CT molecular complexity index is 796. The van der Waals surface area contributed by atoms with Crippen molar-refractivity contribution in [3.63, 3.8) is 0 Å². The highest BCUT2D eigenvalue weighted by atomic mass is 16.1. The van der Waals surface area contributed by atoms with Crippen molar-refractivity contribution < 1.29 is 4.79 Å². The molecule has 0 spiro atoms. The molecule has 21 heavy (non-hydrogen) atoms. The maximum atomic E-state index is 12.3. The molecule has 3 nitrogen and oxygen atoms in total. The van der Waals surface area contributed by atoms with Crippen LogP contribution in [0.5, 0.6) is 0 Å². The number of aryl methyl sites for hydroxylation is 1. The van der Waals surface area contributed by atoms with Gasteiger partial charge in [0.1, 0.15) is 5.69 Å². The van der Waals surface area contributed by atoms with E-state index in [0.29, 0.717) is 5.69 Å². The standard InChI is InChI=1S/C18H16N2O/c1-2-13-6-5-8-15(12-13)19-18(21)17-11-10-14-7-3-4-9-16(14)20-17/h3-12H,2H2,1H3,(H,19,21). The van der Waals surface area contributed by atoms with E-state index in [1.54, 1.807) is 6.07 Å². The van der Waals surface area contributed by atoms with Crippen LogP contribution in [-0.2, 0) is 6.42 Å². The number of hydrogen-bond donors (Lipinski definition) is 1. The topological polar surface area (TPSA) is 42.0 Å². The van der Waals surface area contributed by atoms with Gasteiger partial charge in [-0.05, 0) is 36.2 Å². The van der Waals surface area contributed by atoms with E-state index in [9.17, 15) is 4.79 Å². The lowest BCUT2D eigenvalue weighted by Gasteiger charge is -2.07. The Balaban J connectivity index is 1.86. The predicted molar refractivity (Wildman–Crippen MR) is 85.5 cm³/mol. The molecule has 0 unspecified atom stereocenters. The number of carbonyl (C=O) groups is 1. The number of rotatable bonds is 3. The van der Waals surface area contributed by atoms with Crippen LogP contribution in [0.25, 0.3) is 10.9 Å². The van der Waals surface area contributed by atoms with Gasteiger partial charge >= 0.3 is 0 Å². The fourth-order valence-corrected chi connectivity index (χ4v) is 2.26. The third kappa shape index (κ3) is 2.92. The van der Waals surface area contributed by atoms with Crippen LogP contribution in [0.1, 0.15) is 23.0 Å². The Kier molecular flexibility index (Phi) is 3.65. The predicted octanol–water partition coefficient (Wildman–Crippen LogP) is 4.05. The van der Waals surface area contributed by atoms with Crippen molar-refractivity contribution in [2.45, 2.75) is 13.3 Å². The average molecular weight is 276 g/mol. The molecule has 0 aliphatic heterocycles. The summed E-state index contributed by atoms with van der Waals surface area (Å²) < 4.78 is 0. The number of nitrogens with one attached hydrogen (secondary N) is 1. The van der Waals surface area contributed by atoms with E-state index >= 15 is 0 Å². The summed E-state index contributed by atoms with van der Waals surface area (Å²) in [4.78, 5) is 16.7. The number of fused-ring (bicyclic) bond motifs is 1. The van der Waals surface area contributed by atoms with Gasteiger partial charge in [0.15, 0.2) is 0 Å². The quantitative estimate of drug-likeness (QED) is 0.784. The molecule has 1 heterocycles. The Hall–Kier alpha value is -2.68. The molecule has 104 valence electrons. The Morgan fingerprint density at radius 2 is 1.90 bits per heavy atom. The van der Waals surface area contributed by atoms with E-state index in [4.69, 9.17) is 0 Å². The number of amides is 1. The van der Waals surface area contributed by atoms with Crippen molar-refractivity contribution in [3.8, 4) is 0 Å². The highest BCUT2D eigenvalue weighted by molar-refractivity contribution is 6.04. The second-order valence-corrected chi connectivity index (χ2v) is 4.90. The van der Waals surface area contributed by atoms with Crippen molar-refractivity contribution >= 4 is 22.5 Å². The second-order valence-electron chi connectivity index (χ2n) is 4.90. The zero-order chi connectivity index (χ0) is 14.7. The van der Waals surface area contributed by atoms with Gasteiger partial charge in [-0.2, -0.15) is 0 Å². The number of aromatic nitrogens is 1. The number of hydrogen-bond acceptors (Lipinski definition) is 2. The van der Waals surface area contributed by atoms with Gasteiger partial charge < -0.3 is 5.32 Å². The largest absolute Gasteiger partial charge is 0.321 e. The highest BCUT2D eigenvalue weighted by Gasteiger charge is 2.08. The molecule has 0 saturated carbocycles. The summed E-state index contributed by atoms with van der Waals surface area (Å²) in [6.07, 6.45) is 0.942. The number of nitrogens with zero attached hydrogens (tertiary/aromatic N) is 1. The van der Waals surface area contributed by atoms with E-state index in [-0.39, 0.29) is 5.91 Å². The van der Waals surface area contributed by atoms with Crippen molar-refractivity contribution in [3.05, 3.63) is 71.9 Å². The average Bonchev–Trinajstić information content (AvgIpc) is 2.54. The van der Waals surface area contributed by atoms with Gasteiger partial charge in [-0.3, -0.25) is 4.79 Å². The molecule has 0 saturated heterocycles. The molecule has 0 fully saturated rings. The molecular weight excluding hydrogens is 260 g/mol. The number of carbonyl (C=O) groups excluding carboxylic acids is 1. The normalized spacial score (nSPS) is 10.5. The van der Waals surface area contributed by atoms with Crippen LogP contribution < -0.4 is 5.32 Å².